The number of rotatable bonds is 2. The third-order valence-electron chi connectivity index (χ3n) is 4.24. The minimum atomic E-state index is -0.469. The van der Waals surface area contributed by atoms with E-state index in [0.717, 1.165) is 5.56 Å². The number of aromatic nitrogens is 2. The predicted molar refractivity (Wildman–Crippen MR) is 105 cm³/mol. The second kappa shape index (κ2) is 6.41. The van der Waals surface area contributed by atoms with E-state index in [1.807, 2.05) is 12.1 Å². The Morgan fingerprint density at radius 3 is 2.48 bits per heavy atom. The molecule has 0 aliphatic heterocycles. The van der Waals surface area contributed by atoms with Gasteiger partial charge in [-0.25, -0.2) is 14.8 Å². The number of nitrogen functional groups attached to an aromatic ring is 1. The van der Waals surface area contributed by atoms with Gasteiger partial charge < -0.3 is 15.3 Å². The molecule has 0 saturated heterocycles. The number of hydrogen-bond acceptors (Lipinski definition) is 6. The fourth-order valence-electron chi connectivity index (χ4n) is 3.00. The average Bonchev–Trinajstić information content (AvgIpc) is 2.61. The van der Waals surface area contributed by atoms with Crippen LogP contribution in [0.2, 0.25) is 5.02 Å². The van der Waals surface area contributed by atoms with E-state index >= 15 is 0 Å². The first-order valence-electron chi connectivity index (χ1n) is 8.09. The predicted octanol–water partition coefficient (Wildman–Crippen LogP) is 4.17. The van der Waals surface area contributed by atoms with Crippen molar-refractivity contribution in [2.45, 2.75) is 6.92 Å². The molecule has 2 heterocycles. The van der Waals surface area contributed by atoms with Gasteiger partial charge in [0.1, 0.15) is 11.3 Å². The lowest BCUT2D eigenvalue weighted by molar-refractivity contribution is 0.480. The second-order valence-electron chi connectivity index (χ2n) is 6.09. The molecule has 0 aliphatic carbocycles. The summed E-state index contributed by atoms with van der Waals surface area (Å²) in [6, 6.07) is 13.5. The number of hydrogen-bond donors (Lipinski definition) is 2. The van der Waals surface area contributed by atoms with Crippen molar-refractivity contribution in [3.8, 4) is 28.3 Å². The van der Waals surface area contributed by atoms with Crippen LogP contribution in [0.1, 0.15) is 5.56 Å². The van der Waals surface area contributed by atoms with Gasteiger partial charge in [0.25, 0.3) is 0 Å². The zero-order valence-electron chi connectivity index (χ0n) is 14.2. The topological polar surface area (TPSA) is 102 Å². The van der Waals surface area contributed by atoms with E-state index < -0.39 is 5.63 Å². The van der Waals surface area contributed by atoms with Gasteiger partial charge in [-0.15, -0.1) is 0 Å². The molecule has 0 saturated carbocycles. The van der Waals surface area contributed by atoms with Crippen LogP contribution in [0.15, 0.2) is 57.7 Å². The van der Waals surface area contributed by atoms with E-state index in [1.54, 1.807) is 37.3 Å². The molecule has 4 rings (SSSR count). The van der Waals surface area contributed by atoms with Crippen molar-refractivity contribution in [3.63, 3.8) is 0 Å². The Hall–Kier alpha value is -3.38. The number of aryl methyl sites for hydroxylation is 1. The lowest BCUT2D eigenvalue weighted by Crippen LogP contribution is -2.00. The number of benzene rings is 2. The highest BCUT2D eigenvalue weighted by Crippen LogP contribution is 2.37. The van der Waals surface area contributed by atoms with Crippen LogP contribution in [0.25, 0.3) is 33.5 Å². The van der Waals surface area contributed by atoms with Crippen LogP contribution in [0, 0.1) is 6.92 Å². The quantitative estimate of drug-likeness (QED) is 0.507. The molecule has 6 nitrogen and oxygen atoms in total. The first-order chi connectivity index (χ1) is 12.9. The van der Waals surface area contributed by atoms with E-state index in [4.69, 9.17) is 21.8 Å². The van der Waals surface area contributed by atoms with Gasteiger partial charge in [-0.05, 0) is 42.8 Å². The number of anilines is 1. The summed E-state index contributed by atoms with van der Waals surface area (Å²) in [6.07, 6.45) is 0. The van der Waals surface area contributed by atoms with Crippen LogP contribution in [-0.2, 0) is 0 Å². The molecule has 2 aromatic carbocycles. The molecule has 0 fully saturated rings. The average molecular weight is 380 g/mol. The fourth-order valence-corrected chi connectivity index (χ4v) is 3.13. The second-order valence-corrected chi connectivity index (χ2v) is 6.52. The number of fused-ring (bicyclic) bond motifs is 1. The summed E-state index contributed by atoms with van der Waals surface area (Å²) in [5, 5.41) is 11.9. The van der Waals surface area contributed by atoms with Gasteiger partial charge >= 0.3 is 5.63 Å². The minimum absolute atomic E-state index is 0.0334. The number of nitrogens with two attached hydrogens (primary N) is 1. The Morgan fingerprint density at radius 2 is 1.74 bits per heavy atom. The number of phenolic OH excluding ortho intramolecular Hbond substituents is 1. The normalized spacial score (nSPS) is 11.0. The van der Waals surface area contributed by atoms with Crippen molar-refractivity contribution in [1.29, 1.82) is 0 Å². The van der Waals surface area contributed by atoms with Crippen molar-refractivity contribution < 1.29 is 9.52 Å². The molecule has 0 amide bonds. The summed E-state index contributed by atoms with van der Waals surface area (Å²) < 4.78 is 5.16. The molecule has 2 aromatic heterocycles. The summed E-state index contributed by atoms with van der Waals surface area (Å²) in [7, 11) is 0. The molecule has 4 aromatic rings. The highest BCUT2D eigenvalue weighted by atomic mass is 35.5. The van der Waals surface area contributed by atoms with Gasteiger partial charge in [-0.2, -0.15) is 0 Å². The van der Waals surface area contributed by atoms with Crippen LogP contribution in [0.3, 0.4) is 0 Å². The van der Waals surface area contributed by atoms with Crippen molar-refractivity contribution in [2.24, 2.45) is 0 Å². The number of halogens is 1. The van der Waals surface area contributed by atoms with Crippen molar-refractivity contribution in [1.82, 2.24) is 9.97 Å². The monoisotopic (exact) mass is 379 g/mol. The Kier molecular flexibility index (Phi) is 4.05. The smallest absolute Gasteiger partial charge is 0.336 e. The van der Waals surface area contributed by atoms with Crippen LogP contribution in [-0.4, -0.2) is 15.1 Å². The van der Waals surface area contributed by atoms with Gasteiger partial charge in [-0.3, -0.25) is 0 Å². The lowest BCUT2D eigenvalue weighted by Gasteiger charge is -2.10. The molecule has 0 atom stereocenters. The van der Waals surface area contributed by atoms with Crippen molar-refractivity contribution in [3.05, 3.63) is 69.5 Å². The van der Waals surface area contributed by atoms with Gasteiger partial charge in [0.15, 0.2) is 0 Å². The largest absolute Gasteiger partial charge is 0.506 e. The molecule has 27 heavy (non-hydrogen) atoms. The molecular weight excluding hydrogens is 366 g/mol. The van der Waals surface area contributed by atoms with E-state index in [1.165, 1.54) is 6.07 Å². The molecule has 0 spiro atoms. The summed E-state index contributed by atoms with van der Waals surface area (Å²) in [5.41, 5.74) is 8.67. The molecule has 0 bridgehead atoms. The van der Waals surface area contributed by atoms with Crippen LogP contribution in [0.5, 0.6) is 5.75 Å². The van der Waals surface area contributed by atoms with E-state index in [9.17, 15) is 9.90 Å². The molecule has 134 valence electrons. The highest BCUT2D eigenvalue weighted by Gasteiger charge is 2.15. The standard InChI is InChI=1S/C20H14ClN3O3/c1-10-8-17(25)27-16-7-6-13(19(26)18(10)16)15-9-14(23-20(22)24-15)11-2-4-12(21)5-3-11/h2-9,26H,1H3,(H2,22,23,24). The summed E-state index contributed by atoms with van der Waals surface area (Å²) in [4.78, 5) is 20.1. The third-order valence-corrected chi connectivity index (χ3v) is 4.49. The highest BCUT2D eigenvalue weighted by molar-refractivity contribution is 6.30. The Bertz CT molecular complexity index is 1230. The summed E-state index contributed by atoms with van der Waals surface area (Å²) in [5.74, 6) is 0.0437. The Morgan fingerprint density at radius 1 is 1.04 bits per heavy atom. The van der Waals surface area contributed by atoms with E-state index in [0.29, 0.717) is 38.5 Å². The zero-order chi connectivity index (χ0) is 19.1. The molecule has 0 radical (unpaired) electrons. The molecular formula is C20H14ClN3O3. The maximum atomic E-state index is 11.5. The fraction of sp³-hybridized carbons (Fsp3) is 0.0500. The van der Waals surface area contributed by atoms with Crippen molar-refractivity contribution >= 4 is 28.5 Å². The zero-order valence-corrected chi connectivity index (χ0v) is 15.0. The Balaban J connectivity index is 1.92. The number of phenols is 1. The maximum Gasteiger partial charge on any atom is 0.336 e. The third kappa shape index (κ3) is 3.11. The van der Waals surface area contributed by atoms with E-state index in [2.05, 4.69) is 9.97 Å². The van der Waals surface area contributed by atoms with Crippen LogP contribution < -0.4 is 11.4 Å². The number of nitrogens with zero attached hydrogens (tertiary/aromatic N) is 2. The first-order valence-corrected chi connectivity index (χ1v) is 8.47. The van der Waals surface area contributed by atoms with Crippen molar-refractivity contribution in [2.75, 3.05) is 5.73 Å². The van der Waals surface area contributed by atoms with Gasteiger partial charge in [0.2, 0.25) is 5.95 Å². The van der Waals surface area contributed by atoms with Crippen LogP contribution in [0.4, 0.5) is 5.95 Å². The maximum absolute atomic E-state index is 11.5. The first kappa shape index (κ1) is 17.1. The van der Waals surface area contributed by atoms with Gasteiger partial charge in [0, 0.05) is 22.2 Å². The van der Waals surface area contributed by atoms with E-state index in [-0.39, 0.29) is 11.7 Å². The minimum Gasteiger partial charge on any atom is -0.506 e. The molecule has 0 aliphatic rings. The molecule has 0 unspecified atom stereocenters. The lowest BCUT2D eigenvalue weighted by atomic mass is 10.0. The van der Waals surface area contributed by atoms with Gasteiger partial charge in [0.05, 0.1) is 16.8 Å². The molecule has 3 N–H and O–H groups in total. The SMILES string of the molecule is Cc1cc(=O)oc2ccc(-c3cc(-c4ccc(Cl)cc4)nc(N)n3)c(O)c12. The number of aromatic hydroxyl groups is 1. The van der Waals surface area contributed by atoms with Crippen LogP contribution >= 0.6 is 11.6 Å². The Labute approximate surface area is 158 Å². The molecule has 7 heteroatoms. The summed E-state index contributed by atoms with van der Waals surface area (Å²) >= 11 is 5.94. The van der Waals surface area contributed by atoms with Gasteiger partial charge in [-0.1, -0.05) is 23.7 Å². The summed E-state index contributed by atoms with van der Waals surface area (Å²) in [6.45, 7) is 1.73.